The summed E-state index contributed by atoms with van der Waals surface area (Å²) in [5.41, 5.74) is 0.160. The summed E-state index contributed by atoms with van der Waals surface area (Å²) in [5, 5.41) is 19.9. The van der Waals surface area contributed by atoms with Crippen molar-refractivity contribution in [3.8, 4) is 5.75 Å². The summed E-state index contributed by atoms with van der Waals surface area (Å²) in [7, 11) is 0. The van der Waals surface area contributed by atoms with Crippen molar-refractivity contribution in [3.05, 3.63) is 28.3 Å². The zero-order chi connectivity index (χ0) is 13.7. The van der Waals surface area contributed by atoms with Crippen LogP contribution in [0.4, 0.5) is 0 Å². The summed E-state index contributed by atoms with van der Waals surface area (Å²) in [4.78, 5) is 23.1. The lowest BCUT2D eigenvalue weighted by Crippen LogP contribution is -2.31. The van der Waals surface area contributed by atoms with Gasteiger partial charge < -0.3 is 10.2 Å². The Labute approximate surface area is 105 Å². The molecule has 4 nitrogen and oxygen atoms in total. The third-order valence-corrected chi connectivity index (χ3v) is 3.46. The molecule has 96 valence electrons. The van der Waals surface area contributed by atoms with Crippen molar-refractivity contribution in [2.45, 2.75) is 38.7 Å². The molecular formula is C14H16O4. The Morgan fingerprint density at radius 3 is 2.56 bits per heavy atom. The van der Waals surface area contributed by atoms with E-state index in [1.165, 1.54) is 13.0 Å². The van der Waals surface area contributed by atoms with E-state index in [0.29, 0.717) is 11.8 Å². The van der Waals surface area contributed by atoms with Crippen molar-refractivity contribution < 1.29 is 19.8 Å². The maximum absolute atomic E-state index is 12.1. The molecule has 1 atom stereocenters. The number of aromatic hydroxyl groups is 1. The summed E-state index contributed by atoms with van der Waals surface area (Å²) in [6.07, 6.45) is 0.660. The first-order valence-corrected chi connectivity index (χ1v) is 5.90. The predicted octanol–water partition coefficient (Wildman–Crippen LogP) is 1.82. The van der Waals surface area contributed by atoms with Crippen LogP contribution in [0.15, 0.2) is 6.07 Å². The number of carbonyl (C=O) groups excluding carboxylic acids is 2. The fraction of sp³-hybridized carbons (Fsp3) is 0.429. The van der Waals surface area contributed by atoms with Gasteiger partial charge in [-0.25, -0.2) is 0 Å². The van der Waals surface area contributed by atoms with Gasteiger partial charge in [0.1, 0.15) is 11.4 Å². The second kappa shape index (κ2) is 3.92. The largest absolute Gasteiger partial charge is 0.507 e. The lowest BCUT2D eigenvalue weighted by Gasteiger charge is -2.14. The molecule has 0 fully saturated rings. The molecule has 0 heterocycles. The maximum Gasteiger partial charge on any atom is 0.195 e. The SMILES string of the molecule is CC(C)c1cc(O)c(C=O)c2c1C[C@@](C)(O)C2=O. The molecule has 0 bridgehead atoms. The van der Waals surface area contributed by atoms with Crippen molar-refractivity contribution in [2.24, 2.45) is 0 Å². The van der Waals surface area contributed by atoms with E-state index in [0.717, 1.165) is 5.56 Å². The summed E-state index contributed by atoms with van der Waals surface area (Å²) in [6, 6.07) is 1.52. The lowest BCUT2D eigenvalue weighted by atomic mass is 9.91. The highest BCUT2D eigenvalue weighted by Gasteiger charge is 2.43. The number of hydrogen-bond donors (Lipinski definition) is 2. The van der Waals surface area contributed by atoms with E-state index in [4.69, 9.17) is 0 Å². The Morgan fingerprint density at radius 2 is 2.06 bits per heavy atom. The molecule has 0 amide bonds. The summed E-state index contributed by atoms with van der Waals surface area (Å²) >= 11 is 0. The van der Waals surface area contributed by atoms with E-state index in [-0.39, 0.29) is 29.2 Å². The van der Waals surface area contributed by atoms with Crippen LogP contribution in [0.25, 0.3) is 0 Å². The van der Waals surface area contributed by atoms with Crippen molar-refractivity contribution in [1.29, 1.82) is 0 Å². The molecular weight excluding hydrogens is 232 g/mol. The van der Waals surface area contributed by atoms with Gasteiger partial charge in [0.05, 0.1) is 5.56 Å². The van der Waals surface area contributed by atoms with E-state index in [2.05, 4.69) is 0 Å². The van der Waals surface area contributed by atoms with Crippen molar-refractivity contribution >= 4 is 12.1 Å². The Kier molecular flexibility index (Phi) is 2.78. The van der Waals surface area contributed by atoms with E-state index in [9.17, 15) is 19.8 Å². The van der Waals surface area contributed by atoms with Crippen LogP contribution in [0.1, 0.15) is 58.5 Å². The van der Waals surface area contributed by atoms with Crippen molar-refractivity contribution in [1.82, 2.24) is 0 Å². The molecule has 1 aliphatic rings. The molecule has 0 unspecified atom stereocenters. The first-order valence-electron chi connectivity index (χ1n) is 5.90. The molecule has 1 aromatic carbocycles. The van der Waals surface area contributed by atoms with E-state index in [1.807, 2.05) is 13.8 Å². The van der Waals surface area contributed by atoms with Gasteiger partial charge in [0.15, 0.2) is 12.1 Å². The Hall–Kier alpha value is -1.68. The Morgan fingerprint density at radius 1 is 1.44 bits per heavy atom. The third kappa shape index (κ3) is 1.64. The molecule has 0 radical (unpaired) electrons. The third-order valence-electron chi connectivity index (χ3n) is 3.46. The van der Waals surface area contributed by atoms with Crippen LogP contribution in [0, 0.1) is 0 Å². The first kappa shape index (κ1) is 12.8. The van der Waals surface area contributed by atoms with E-state index in [1.54, 1.807) is 0 Å². The van der Waals surface area contributed by atoms with Gasteiger partial charge in [0.2, 0.25) is 0 Å². The van der Waals surface area contributed by atoms with Crippen LogP contribution in [0.2, 0.25) is 0 Å². The van der Waals surface area contributed by atoms with Crippen LogP contribution in [-0.4, -0.2) is 27.9 Å². The number of benzene rings is 1. The molecule has 0 saturated carbocycles. The van der Waals surface area contributed by atoms with Crippen LogP contribution >= 0.6 is 0 Å². The fourth-order valence-corrected chi connectivity index (χ4v) is 2.53. The smallest absolute Gasteiger partial charge is 0.195 e. The maximum atomic E-state index is 12.1. The number of fused-ring (bicyclic) bond motifs is 1. The monoisotopic (exact) mass is 248 g/mol. The van der Waals surface area contributed by atoms with Gasteiger partial charge >= 0.3 is 0 Å². The van der Waals surface area contributed by atoms with Crippen molar-refractivity contribution in [3.63, 3.8) is 0 Å². The fourth-order valence-electron chi connectivity index (χ4n) is 2.53. The number of rotatable bonds is 2. The van der Waals surface area contributed by atoms with Crippen LogP contribution in [0.3, 0.4) is 0 Å². The van der Waals surface area contributed by atoms with Crippen LogP contribution in [-0.2, 0) is 6.42 Å². The molecule has 0 aliphatic heterocycles. The highest BCUT2D eigenvalue weighted by Crippen LogP contribution is 2.40. The van der Waals surface area contributed by atoms with Gasteiger partial charge in [-0.3, -0.25) is 9.59 Å². The molecule has 1 aromatic rings. The predicted molar refractivity (Wildman–Crippen MR) is 66.2 cm³/mol. The lowest BCUT2D eigenvalue weighted by molar-refractivity contribution is 0.0460. The average molecular weight is 248 g/mol. The number of hydrogen-bond acceptors (Lipinski definition) is 4. The van der Waals surface area contributed by atoms with Gasteiger partial charge in [-0.1, -0.05) is 13.8 Å². The molecule has 2 rings (SSSR count). The summed E-state index contributed by atoms with van der Waals surface area (Å²) in [6.45, 7) is 5.31. The molecule has 0 aromatic heterocycles. The number of phenols is 1. The van der Waals surface area contributed by atoms with E-state index < -0.39 is 11.4 Å². The summed E-state index contributed by atoms with van der Waals surface area (Å²) in [5.74, 6) is -0.581. The zero-order valence-corrected chi connectivity index (χ0v) is 10.7. The first-order chi connectivity index (χ1) is 8.29. The van der Waals surface area contributed by atoms with Crippen LogP contribution < -0.4 is 0 Å². The topological polar surface area (TPSA) is 74.6 Å². The standard InChI is InChI=1S/C14H16O4/c1-7(2)8-4-11(16)10(6-15)12-9(8)5-14(3,18)13(12)17/h4,6-7,16,18H,5H2,1-3H3/t14-/m1/s1. The highest BCUT2D eigenvalue weighted by atomic mass is 16.3. The van der Waals surface area contributed by atoms with Gasteiger partial charge in [0.25, 0.3) is 0 Å². The molecule has 0 saturated heterocycles. The number of aliphatic hydroxyl groups is 1. The molecule has 18 heavy (non-hydrogen) atoms. The van der Waals surface area contributed by atoms with E-state index >= 15 is 0 Å². The van der Waals surface area contributed by atoms with Crippen molar-refractivity contribution in [2.75, 3.05) is 0 Å². The zero-order valence-electron chi connectivity index (χ0n) is 10.7. The number of Topliss-reactive ketones (excluding diaryl/α,β-unsaturated/α-hetero) is 1. The number of phenolic OH excluding ortho intramolecular Hbond substituents is 1. The average Bonchev–Trinajstić information content (AvgIpc) is 2.50. The quantitative estimate of drug-likeness (QED) is 0.783. The normalized spacial score (nSPS) is 22.4. The van der Waals surface area contributed by atoms with Crippen LogP contribution in [0.5, 0.6) is 5.75 Å². The molecule has 1 aliphatic carbocycles. The molecule has 0 spiro atoms. The van der Waals surface area contributed by atoms with Gasteiger partial charge in [-0.15, -0.1) is 0 Å². The minimum atomic E-state index is -1.49. The van der Waals surface area contributed by atoms with Gasteiger partial charge in [0, 0.05) is 12.0 Å². The summed E-state index contributed by atoms with van der Waals surface area (Å²) < 4.78 is 0. The second-order valence-corrected chi connectivity index (χ2v) is 5.30. The molecule has 2 N–H and O–H groups in total. The minimum absolute atomic E-state index is 0.0165. The number of carbonyl (C=O) groups is 2. The highest BCUT2D eigenvalue weighted by molar-refractivity contribution is 6.12. The Balaban J connectivity index is 2.80. The minimum Gasteiger partial charge on any atom is -0.507 e. The Bertz CT molecular complexity index is 541. The molecule has 4 heteroatoms. The number of aldehydes is 1. The second-order valence-electron chi connectivity index (χ2n) is 5.30. The number of ketones is 1. The van der Waals surface area contributed by atoms with Gasteiger partial charge in [-0.2, -0.15) is 0 Å². The van der Waals surface area contributed by atoms with Gasteiger partial charge in [-0.05, 0) is 30.0 Å².